The average molecular weight is 187 g/mol. The maximum atomic E-state index is 10.6. The Labute approximate surface area is 73.6 Å². The molecule has 1 aromatic heterocycles. The summed E-state index contributed by atoms with van der Waals surface area (Å²) >= 11 is 1.00. The molecule has 5 heteroatoms. The van der Waals surface area contributed by atoms with E-state index in [2.05, 4.69) is 4.37 Å². The normalized spacial score (nSPS) is 15.6. The van der Waals surface area contributed by atoms with Crippen LogP contribution in [0.3, 0.4) is 0 Å². The second-order valence-electron chi connectivity index (χ2n) is 2.71. The van der Waals surface area contributed by atoms with Crippen molar-refractivity contribution in [2.24, 2.45) is 0 Å². The number of rotatable bonds is 2. The minimum atomic E-state index is -1.81. The Kier molecular flexibility index (Phi) is 2.16. The number of carboxylic acids is 1. The van der Waals surface area contributed by atoms with E-state index in [0.717, 1.165) is 17.2 Å². The zero-order valence-electron chi connectivity index (χ0n) is 6.74. The van der Waals surface area contributed by atoms with E-state index in [1.54, 1.807) is 13.0 Å². The van der Waals surface area contributed by atoms with Crippen LogP contribution in [-0.4, -0.2) is 20.6 Å². The molecule has 0 saturated heterocycles. The Bertz CT molecular complexity index is 305. The zero-order chi connectivity index (χ0) is 9.35. The summed E-state index contributed by atoms with van der Waals surface area (Å²) in [7, 11) is 0. The van der Waals surface area contributed by atoms with Crippen molar-refractivity contribution in [1.82, 2.24) is 4.37 Å². The van der Waals surface area contributed by atoms with Crippen molar-refractivity contribution in [3.8, 4) is 0 Å². The Morgan fingerprint density at radius 3 is 2.67 bits per heavy atom. The highest BCUT2D eigenvalue weighted by Gasteiger charge is 2.34. The molecule has 1 atom stereocenters. The van der Waals surface area contributed by atoms with Gasteiger partial charge in [-0.1, -0.05) is 0 Å². The van der Waals surface area contributed by atoms with E-state index < -0.39 is 11.6 Å². The molecule has 66 valence electrons. The number of carboxylic acid groups (broad SMARTS) is 1. The molecule has 1 heterocycles. The van der Waals surface area contributed by atoms with E-state index in [1.807, 2.05) is 0 Å². The molecule has 0 aliphatic rings. The minimum Gasteiger partial charge on any atom is -0.479 e. The molecule has 2 N–H and O–H groups in total. The molecule has 0 aliphatic carbocycles. The molecule has 0 aliphatic heterocycles. The molecule has 0 aromatic carbocycles. The second kappa shape index (κ2) is 2.84. The van der Waals surface area contributed by atoms with Crippen LogP contribution in [0, 0.1) is 6.92 Å². The first-order valence-corrected chi connectivity index (χ1v) is 4.11. The quantitative estimate of drug-likeness (QED) is 0.716. The predicted octanol–water partition coefficient (Wildman–Crippen LogP) is 0.744. The van der Waals surface area contributed by atoms with Gasteiger partial charge >= 0.3 is 5.97 Å². The molecule has 12 heavy (non-hydrogen) atoms. The third-order valence-corrected chi connectivity index (χ3v) is 2.62. The fraction of sp³-hybridized carbons (Fsp3) is 0.429. The predicted molar refractivity (Wildman–Crippen MR) is 44.1 cm³/mol. The summed E-state index contributed by atoms with van der Waals surface area (Å²) in [5.74, 6) is -1.26. The Morgan fingerprint density at radius 2 is 2.33 bits per heavy atom. The first-order chi connectivity index (χ1) is 5.44. The summed E-state index contributed by atoms with van der Waals surface area (Å²) in [6, 6.07) is 1.57. The zero-order valence-corrected chi connectivity index (χ0v) is 7.55. The molecule has 1 rings (SSSR count). The van der Waals surface area contributed by atoms with Crippen LogP contribution in [0.1, 0.15) is 17.5 Å². The minimum absolute atomic E-state index is 0.354. The fourth-order valence-electron chi connectivity index (χ4n) is 0.698. The van der Waals surface area contributed by atoms with Crippen molar-refractivity contribution >= 4 is 17.5 Å². The second-order valence-corrected chi connectivity index (χ2v) is 3.51. The van der Waals surface area contributed by atoms with Crippen LogP contribution in [-0.2, 0) is 10.4 Å². The third-order valence-electron chi connectivity index (χ3n) is 1.52. The Morgan fingerprint density at radius 1 is 1.75 bits per heavy atom. The van der Waals surface area contributed by atoms with E-state index >= 15 is 0 Å². The number of aryl methyl sites for hydroxylation is 1. The fourth-order valence-corrected chi connectivity index (χ4v) is 1.48. The number of nitrogens with zero attached hydrogens (tertiary/aromatic N) is 1. The van der Waals surface area contributed by atoms with Crippen LogP contribution in [0.5, 0.6) is 0 Å². The SMILES string of the molecule is Cc1cc(C(C)(O)C(=O)O)sn1. The van der Waals surface area contributed by atoms with Gasteiger partial charge in [0.1, 0.15) is 0 Å². The monoisotopic (exact) mass is 187 g/mol. The lowest BCUT2D eigenvalue weighted by molar-refractivity contribution is -0.157. The molecule has 1 unspecified atom stereocenters. The summed E-state index contributed by atoms with van der Waals surface area (Å²) in [4.78, 5) is 10.9. The standard InChI is InChI=1S/C7H9NO3S/c1-4-3-5(12-8-4)7(2,11)6(9)10/h3,11H,1-2H3,(H,9,10). The van der Waals surface area contributed by atoms with Gasteiger partial charge in [-0.2, -0.15) is 4.37 Å². The van der Waals surface area contributed by atoms with Gasteiger partial charge < -0.3 is 10.2 Å². The first-order valence-electron chi connectivity index (χ1n) is 3.34. The largest absolute Gasteiger partial charge is 0.479 e. The van der Waals surface area contributed by atoms with E-state index in [9.17, 15) is 9.90 Å². The van der Waals surface area contributed by atoms with Crippen molar-refractivity contribution in [3.63, 3.8) is 0 Å². The maximum absolute atomic E-state index is 10.6. The molecule has 0 fully saturated rings. The van der Waals surface area contributed by atoms with Crippen molar-refractivity contribution in [2.45, 2.75) is 19.4 Å². The van der Waals surface area contributed by atoms with Crippen LogP contribution in [0.4, 0.5) is 0 Å². The molecular weight excluding hydrogens is 178 g/mol. The van der Waals surface area contributed by atoms with Crippen molar-refractivity contribution in [2.75, 3.05) is 0 Å². The van der Waals surface area contributed by atoms with E-state index in [0.29, 0.717) is 4.88 Å². The van der Waals surface area contributed by atoms with Crippen molar-refractivity contribution < 1.29 is 15.0 Å². The number of carbonyl (C=O) groups is 1. The average Bonchev–Trinajstić information content (AvgIpc) is 2.35. The van der Waals surface area contributed by atoms with Crippen LogP contribution >= 0.6 is 11.5 Å². The first kappa shape index (κ1) is 9.15. The lowest BCUT2D eigenvalue weighted by atomic mass is 10.1. The number of aromatic nitrogens is 1. The Hall–Kier alpha value is -0.940. The lowest BCUT2D eigenvalue weighted by Gasteiger charge is -2.14. The number of aliphatic hydroxyl groups is 1. The topological polar surface area (TPSA) is 70.4 Å². The van der Waals surface area contributed by atoms with E-state index in [4.69, 9.17) is 5.11 Å². The van der Waals surface area contributed by atoms with E-state index in [-0.39, 0.29) is 0 Å². The summed E-state index contributed by atoms with van der Waals surface area (Å²) in [5.41, 5.74) is -1.09. The van der Waals surface area contributed by atoms with Gasteiger partial charge in [-0.15, -0.1) is 0 Å². The summed E-state index contributed by atoms with van der Waals surface area (Å²) < 4.78 is 3.88. The van der Waals surface area contributed by atoms with Crippen molar-refractivity contribution in [3.05, 3.63) is 16.6 Å². The van der Waals surface area contributed by atoms with Crippen LogP contribution < -0.4 is 0 Å². The van der Waals surface area contributed by atoms with Gasteiger partial charge in [-0.25, -0.2) is 4.79 Å². The lowest BCUT2D eigenvalue weighted by Crippen LogP contribution is -2.30. The van der Waals surface area contributed by atoms with Gasteiger partial charge in [0, 0.05) is 0 Å². The van der Waals surface area contributed by atoms with Gasteiger partial charge in [0.25, 0.3) is 0 Å². The molecule has 0 bridgehead atoms. The molecule has 0 radical (unpaired) electrons. The highest BCUT2D eigenvalue weighted by atomic mass is 32.1. The molecule has 1 aromatic rings. The summed E-state index contributed by atoms with van der Waals surface area (Å²) in [5, 5.41) is 18.1. The van der Waals surface area contributed by atoms with Gasteiger partial charge in [0.2, 0.25) is 0 Å². The smallest absolute Gasteiger partial charge is 0.341 e. The van der Waals surface area contributed by atoms with Crippen molar-refractivity contribution in [1.29, 1.82) is 0 Å². The van der Waals surface area contributed by atoms with Gasteiger partial charge in [0.15, 0.2) is 5.60 Å². The molecule has 0 saturated carbocycles. The maximum Gasteiger partial charge on any atom is 0.341 e. The highest BCUT2D eigenvalue weighted by Crippen LogP contribution is 2.24. The van der Waals surface area contributed by atoms with Crippen LogP contribution in [0.25, 0.3) is 0 Å². The highest BCUT2D eigenvalue weighted by molar-refractivity contribution is 7.06. The number of hydrogen-bond donors (Lipinski definition) is 2. The summed E-state index contributed by atoms with van der Waals surface area (Å²) in [6.45, 7) is 2.99. The van der Waals surface area contributed by atoms with Gasteiger partial charge in [0.05, 0.1) is 10.6 Å². The van der Waals surface area contributed by atoms with E-state index in [1.165, 1.54) is 6.92 Å². The number of hydrogen-bond acceptors (Lipinski definition) is 4. The van der Waals surface area contributed by atoms with Crippen LogP contribution in [0.15, 0.2) is 6.07 Å². The molecule has 0 amide bonds. The molecular formula is C7H9NO3S. The summed E-state index contributed by atoms with van der Waals surface area (Å²) in [6.07, 6.45) is 0. The number of aliphatic carboxylic acids is 1. The molecule has 0 spiro atoms. The van der Waals surface area contributed by atoms with Crippen LogP contribution in [0.2, 0.25) is 0 Å². The Balaban J connectivity index is 3.05. The van der Waals surface area contributed by atoms with Gasteiger partial charge in [-0.3, -0.25) is 0 Å². The van der Waals surface area contributed by atoms with Gasteiger partial charge in [-0.05, 0) is 31.4 Å². The molecule has 4 nitrogen and oxygen atoms in total. The third kappa shape index (κ3) is 1.46.